The number of benzene rings is 1. The van der Waals surface area contributed by atoms with Crippen LogP contribution in [0.1, 0.15) is 23.8 Å². The van der Waals surface area contributed by atoms with Crippen LogP contribution in [0.5, 0.6) is 0 Å². The summed E-state index contributed by atoms with van der Waals surface area (Å²) in [5, 5.41) is 4.45. The molecule has 0 radical (unpaired) electrons. The molecule has 4 heteroatoms. The molecule has 1 aromatic carbocycles. The van der Waals surface area contributed by atoms with E-state index < -0.39 is 0 Å². The second-order valence-corrected chi connectivity index (χ2v) is 4.11. The molecular formula is C12H13ClN2O. The molecule has 2 N–H and O–H groups in total. The number of amides is 1. The number of halogens is 1. The summed E-state index contributed by atoms with van der Waals surface area (Å²) in [6.07, 6.45) is 0.928. The second kappa shape index (κ2) is 4.58. The van der Waals surface area contributed by atoms with Gasteiger partial charge in [-0.05, 0) is 30.7 Å². The fraction of sp³-hybridized carbons (Fsp3) is 0.250. The number of hydrogen-bond donors (Lipinski definition) is 2. The molecule has 2 aromatic rings. The maximum atomic E-state index is 11.7. The molecule has 0 spiro atoms. The van der Waals surface area contributed by atoms with Crippen LogP contribution in [0.2, 0.25) is 5.02 Å². The second-order valence-electron chi connectivity index (χ2n) is 3.67. The van der Waals surface area contributed by atoms with Crippen LogP contribution in [0, 0.1) is 0 Å². The van der Waals surface area contributed by atoms with Gasteiger partial charge in [0, 0.05) is 22.5 Å². The van der Waals surface area contributed by atoms with E-state index in [1.54, 1.807) is 6.07 Å². The van der Waals surface area contributed by atoms with Gasteiger partial charge in [-0.2, -0.15) is 0 Å². The molecule has 0 unspecified atom stereocenters. The summed E-state index contributed by atoms with van der Waals surface area (Å²) >= 11 is 5.88. The number of nitrogens with one attached hydrogen (secondary N) is 2. The lowest BCUT2D eigenvalue weighted by atomic mass is 10.2. The molecule has 0 saturated carbocycles. The number of aromatic nitrogens is 1. The van der Waals surface area contributed by atoms with Crippen molar-refractivity contribution in [3.05, 3.63) is 35.0 Å². The molecule has 0 saturated heterocycles. The highest BCUT2D eigenvalue weighted by atomic mass is 35.5. The Labute approximate surface area is 98.8 Å². The zero-order chi connectivity index (χ0) is 11.5. The average molecular weight is 237 g/mol. The van der Waals surface area contributed by atoms with Crippen molar-refractivity contribution in [3.8, 4) is 0 Å². The maximum Gasteiger partial charge on any atom is 0.267 e. The summed E-state index contributed by atoms with van der Waals surface area (Å²) in [6, 6.07) is 7.32. The van der Waals surface area contributed by atoms with E-state index in [-0.39, 0.29) is 5.91 Å². The first-order chi connectivity index (χ1) is 7.70. The van der Waals surface area contributed by atoms with Crippen LogP contribution in [0.4, 0.5) is 0 Å². The first kappa shape index (κ1) is 11.0. The molecule has 0 aliphatic rings. The molecule has 16 heavy (non-hydrogen) atoms. The first-order valence-corrected chi connectivity index (χ1v) is 5.65. The van der Waals surface area contributed by atoms with Gasteiger partial charge in [-0.3, -0.25) is 4.79 Å². The minimum atomic E-state index is -0.0748. The topological polar surface area (TPSA) is 44.9 Å². The van der Waals surface area contributed by atoms with Crippen LogP contribution in [0.15, 0.2) is 24.3 Å². The van der Waals surface area contributed by atoms with Crippen molar-refractivity contribution in [1.82, 2.24) is 10.3 Å². The third kappa shape index (κ3) is 2.19. The van der Waals surface area contributed by atoms with E-state index in [4.69, 9.17) is 11.6 Å². The van der Waals surface area contributed by atoms with Gasteiger partial charge in [-0.25, -0.2) is 0 Å². The van der Waals surface area contributed by atoms with Gasteiger partial charge in [0.2, 0.25) is 0 Å². The lowest BCUT2D eigenvalue weighted by molar-refractivity contribution is 0.0949. The van der Waals surface area contributed by atoms with Crippen LogP contribution < -0.4 is 5.32 Å². The van der Waals surface area contributed by atoms with E-state index in [9.17, 15) is 4.79 Å². The molecule has 84 valence electrons. The minimum Gasteiger partial charge on any atom is -0.351 e. The molecule has 1 aromatic heterocycles. The van der Waals surface area contributed by atoms with Crippen molar-refractivity contribution in [3.63, 3.8) is 0 Å². The monoisotopic (exact) mass is 236 g/mol. The van der Waals surface area contributed by atoms with Crippen molar-refractivity contribution in [2.24, 2.45) is 0 Å². The van der Waals surface area contributed by atoms with Crippen LogP contribution in [-0.4, -0.2) is 17.4 Å². The Balaban J connectivity index is 2.28. The SMILES string of the molecule is CCCNC(=O)c1cc2cc(Cl)ccc2[nH]1. The largest absolute Gasteiger partial charge is 0.351 e. The Morgan fingerprint density at radius 2 is 2.25 bits per heavy atom. The Morgan fingerprint density at radius 1 is 1.44 bits per heavy atom. The zero-order valence-corrected chi connectivity index (χ0v) is 9.77. The van der Waals surface area contributed by atoms with E-state index in [1.165, 1.54) is 0 Å². The Morgan fingerprint density at radius 3 is 3.00 bits per heavy atom. The van der Waals surface area contributed by atoms with Crippen LogP contribution in [-0.2, 0) is 0 Å². The van der Waals surface area contributed by atoms with E-state index in [0.717, 1.165) is 17.3 Å². The van der Waals surface area contributed by atoms with Crippen LogP contribution in [0.25, 0.3) is 10.9 Å². The van der Waals surface area contributed by atoms with Crippen molar-refractivity contribution in [2.75, 3.05) is 6.54 Å². The molecule has 2 rings (SSSR count). The molecule has 0 fully saturated rings. The van der Waals surface area contributed by atoms with Gasteiger partial charge in [-0.15, -0.1) is 0 Å². The molecule has 0 aliphatic heterocycles. The Kier molecular flexibility index (Phi) is 3.15. The molecule has 0 atom stereocenters. The average Bonchev–Trinajstić information content (AvgIpc) is 2.68. The van der Waals surface area contributed by atoms with Gasteiger partial charge in [-0.1, -0.05) is 18.5 Å². The number of aromatic amines is 1. The number of hydrogen-bond acceptors (Lipinski definition) is 1. The first-order valence-electron chi connectivity index (χ1n) is 5.27. The molecule has 0 aliphatic carbocycles. The summed E-state index contributed by atoms with van der Waals surface area (Å²) in [6.45, 7) is 2.71. The predicted molar refractivity (Wildman–Crippen MR) is 65.9 cm³/mol. The summed E-state index contributed by atoms with van der Waals surface area (Å²) < 4.78 is 0. The Bertz CT molecular complexity index is 519. The summed E-state index contributed by atoms with van der Waals surface area (Å²) in [5.41, 5.74) is 1.50. The minimum absolute atomic E-state index is 0.0748. The number of H-pyrrole nitrogens is 1. The number of carbonyl (C=O) groups excluding carboxylic acids is 1. The fourth-order valence-corrected chi connectivity index (χ4v) is 1.74. The van der Waals surface area contributed by atoms with Gasteiger partial charge in [0.05, 0.1) is 0 Å². The lowest BCUT2D eigenvalue weighted by Crippen LogP contribution is -2.24. The molecular weight excluding hydrogens is 224 g/mol. The van der Waals surface area contributed by atoms with Gasteiger partial charge >= 0.3 is 0 Å². The lowest BCUT2D eigenvalue weighted by Gasteiger charge is -1.99. The zero-order valence-electron chi connectivity index (χ0n) is 9.01. The predicted octanol–water partition coefficient (Wildman–Crippen LogP) is 2.96. The maximum absolute atomic E-state index is 11.7. The van der Waals surface area contributed by atoms with Crippen LogP contribution >= 0.6 is 11.6 Å². The summed E-state index contributed by atoms with van der Waals surface area (Å²) in [4.78, 5) is 14.7. The van der Waals surface area contributed by atoms with Gasteiger partial charge in [0.25, 0.3) is 5.91 Å². The van der Waals surface area contributed by atoms with Crippen molar-refractivity contribution >= 4 is 28.4 Å². The highest BCUT2D eigenvalue weighted by molar-refractivity contribution is 6.31. The van der Waals surface area contributed by atoms with E-state index in [1.807, 2.05) is 25.1 Å². The van der Waals surface area contributed by atoms with Crippen molar-refractivity contribution in [2.45, 2.75) is 13.3 Å². The number of carbonyl (C=O) groups is 1. The Hall–Kier alpha value is -1.48. The van der Waals surface area contributed by atoms with E-state index in [2.05, 4.69) is 10.3 Å². The normalized spacial score (nSPS) is 10.6. The summed E-state index contributed by atoms with van der Waals surface area (Å²) in [7, 11) is 0. The van der Waals surface area contributed by atoms with Gasteiger partial charge in [0.15, 0.2) is 0 Å². The van der Waals surface area contributed by atoms with Crippen molar-refractivity contribution in [1.29, 1.82) is 0 Å². The van der Waals surface area contributed by atoms with E-state index in [0.29, 0.717) is 17.3 Å². The molecule has 1 heterocycles. The smallest absolute Gasteiger partial charge is 0.267 e. The van der Waals surface area contributed by atoms with Gasteiger partial charge in [0.1, 0.15) is 5.69 Å². The van der Waals surface area contributed by atoms with Gasteiger partial charge < -0.3 is 10.3 Å². The third-order valence-corrected chi connectivity index (χ3v) is 2.60. The molecule has 3 nitrogen and oxygen atoms in total. The highest BCUT2D eigenvalue weighted by Gasteiger charge is 2.08. The standard InChI is InChI=1S/C12H13ClN2O/c1-2-5-14-12(16)11-7-8-6-9(13)3-4-10(8)15-11/h3-4,6-7,15H,2,5H2,1H3,(H,14,16). The van der Waals surface area contributed by atoms with Crippen LogP contribution in [0.3, 0.4) is 0 Å². The van der Waals surface area contributed by atoms with E-state index >= 15 is 0 Å². The molecule has 0 bridgehead atoms. The highest BCUT2D eigenvalue weighted by Crippen LogP contribution is 2.19. The fourth-order valence-electron chi connectivity index (χ4n) is 1.56. The number of rotatable bonds is 3. The number of fused-ring (bicyclic) bond motifs is 1. The third-order valence-electron chi connectivity index (χ3n) is 2.36. The quantitative estimate of drug-likeness (QED) is 0.846. The molecule has 1 amide bonds. The van der Waals surface area contributed by atoms with Crippen molar-refractivity contribution < 1.29 is 4.79 Å². The summed E-state index contributed by atoms with van der Waals surface area (Å²) in [5.74, 6) is -0.0748.